The van der Waals surface area contributed by atoms with Crippen LogP contribution in [0.15, 0.2) is 12.2 Å². The summed E-state index contributed by atoms with van der Waals surface area (Å²) in [6.45, 7) is 5.18. The average molecular weight is 174 g/mol. The highest BCUT2D eigenvalue weighted by Crippen LogP contribution is 2.06. The maximum atomic E-state index is 10.9. The Kier molecular flexibility index (Phi) is 4.45. The highest BCUT2D eigenvalue weighted by atomic mass is 32.2. The van der Waals surface area contributed by atoms with Crippen molar-refractivity contribution in [2.24, 2.45) is 0 Å². The number of rotatable bonds is 3. The molecule has 64 valence electrons. The summed E-state index contributed by atoms with van der Waals surface area (Å²) in [5.41, 5.74) is -0.885. The molecule has 0 unspecified atom stereocenters. The first-order valence-electron chi connectivity index (χ1n) is 3.54. The lowest BCUT2D eigenvalue weighted by Gasteiger charge is -2.09. The lowest BCUT2D eigenvalue weighted by Crippen LogP contribution is -2.14. The third kappa shape index (κ3) is 7.62. The van der Waals surface area contributed by atoms with Crippen LogP contribution < -0.4 is 0 Å². The molecule has 1 N–H and O–H groups in total. The van der Waals surface area contributed by atoms with Gasteiger partial charge in [-0.15, -0.1) is 0 Å². The van der Waals surface area contributed by atoms with Crippen LogP contribution in [0.4, 0.5) is 0 Å². The zero-order valence-electron chi connectivity index (χ0n) is 7.13. The molecule has 0 bridgehead atoms. The van der Waals surface area contributed by atoms with Gasteiger partial charge in [-0.05, 0) is 31.8 Å². The van der Waals surface area contributed by atoms with E-state index >= 15 is 0 Å². The fourth-order valence-electron chi connectivity index (χ4n) is 0.462. The molecule has 0 spiro atoms. The average Bonchev–Trinajstić information content (AvgIpc) is 1.83. The molecule has 0 aliphatic carbocycles. The van der Waals surface area contributed by atoms with E-state index in [0.29, 0.717) is 0 Å². The smallest absolute Gasteiger partial charge is 0.211 e. The van der Waals surface area contributed by atoms with Crippen molar-refractivity contribution in [1.29, 1.82) is 0 Å². The Labute approximate surface area is 71.7 Å². The van der Waals surface area contributed by atoms with E-state index in [-0.39, 0.29) is 5.12 Å². The fourth-order valence-corrected chi connectivity index (χ4v) is 0.911. The Hall–Kier alpha value is -0.280. The molecule has 0 saturated heterocycles. The summed E-state index contributed by atoms with van der Waals surface area (Å²) in [7, 11) is 0. The summed E-state index contributed by atoms with van der Waals surface area (Å²) >= 11 is 1.24. The molecule has 0 aliphatic heterocycles. The molecule has 3 heteroatoms. The standard InChI is InChI=1S/C8H14O2S/c1-4-11-7(9)5-6-8(2,3)10/h5-6,10H,4H2,1-3H3/b6-5+. The van der Waals surface area contributed by atoms with E-state index in [1.54, 1.807) is 13.8 Å². The van der Waals surface area contributed by atoms with E-state index < -0.39 is 5.60 Å². The van der Waals surface area contributed by atoms with Gasteiger partial charge in [0.1, 0.15) is 0 Å². The minimum atomic E-state index is -0.885. The summed E-state index contributed by atoms with van der Waals surface area (Å²) in [5.74, 6) is 0.773. The van der Waals surface area contributed by atoms with E-state index in [9.17, 15) is 9.90 Å². The first kappa shape index (κ1) is 10.7. The fraction of sp³-hybridized carbons (Fsp3) is 0.625. The van der Waals surface area contributed by atoms with E-state index in [1.807, 2.05) is 6.92 Å². The van der Waals surface area contributed by atoms with Gasteiger partial charge in [0.2, 0.25) is 5.12 Å². The van der Waals surface area contributed by atoms with Crippen molar-refractivity contribution in [1.82, 2.24) is 0 Å². The summed E-state index contributed by atoms with van der Waals surface area (Å²) in [4.78, 5) is 10.9. The maximum absolute atomic E-state index is 10.9. The van der Waals surface area contributed by atoms with Gasteiger partial charge < -0.3 is 5.11 Å². The van der Waals surface area contributed by atoms with E-state index in [1.165, 1.54) is 23.9 Å². The van der Waals surface area contributed by atoms with Gasteiger partial charge in [-0.2, -0.15) is 0 Å². The first-order chi connectivity index (χ1) is 4.95. The molecule has 0 aromatic heterocycles. The van der Waals surface area contributed by atoms with Crippen molar-refractivity contribution >= 4 is 16.9 Å². The van der Waals surface area contributed by atoms with Crippen molar-refractivity contribution in [2.75, 3.05) is 5.75 Å². The molecule has 0 radical (unpaired) electrons. The number of thioether (sulfide) groups is 1. The van der Waals surface area contributed by atoms with Crippen molar-refractivity contribution in [3.05, 3.63) is 12.2 Å². The first-order valence-corrected chi connectivity index (χ1v) is 4.52. The van der Waals surface area contributed by atoms with Crippen molar-refractivity contribution in [2.45, 2.75) is 26.4 Å². The quantitative estimate of drug-likeness (QED) is 0.660. The Balaban J connectivity index is 3.83. The molecule has 11 heavy (non-hydrogen) atoms. The van der Waals surface area contributed by atoms with E-state index in [0.717, 1.165) is 5.75 Å². The van der Waals surface area contributed by atoms with Crippen LogP contribution in [0.2, 0.25) is 0 Å². The lowest BCUT2D eigenvalue weighted by atomic mass is 10.1. The molecule has 0 amide bonds. The molecule has 0 heterocycles. The molecular formula is C8H14O2S. The van der Waals surface area contributed by atoms with Crippen LogP contribution >= 0.6 is 11.8 Å². The monoisotopic (exact) mass is 174 g/mol. The molecule has 0 aromatic carbocycles. The van der Waals surface area contributed by atoms with Gasteiger partial charge in [0.05, 0.1) is 5.60 Å². The van der Waals surface area contributed by atoms with Crippen molar-refractivity contribution < 1.29 is 9.90 Å². The van der Waals surface area contributed by atoms with Crippen LogP contribution in [-0.2, 0) is 4.79 Å². The number of hydrogen-bond acceptors (Lipinski definition) is 3. The van der Waals surface area contributed by atoms with Crippen LogP contribution in [0, 0.1) is 0 Å². The van der Waals surface area contributed by atoms with Crippen LogP contribution in [0.5, 0.6) is 0 Å². The second-order valence-electron chi connectivity index (χ2n) is 2.74. The van der Waals surface area contributed by atoms with Gasteiger partial charge >= 0.3 is 0 Å². The highest BCUT2D eigenvalue weighted by Gasteiger charge is 2.06. The largest absolute Gasteiger partial charge is 0.386 e. The number of hydrogen-bond donors (Lipinski definition) is 1. The summed E-state index contributed by atoms with van der Waals surface area (Å²) in [6.07, 6.45) is 2.91. The lowest BCUT2D eigenvalue weighted by molar-refractivity contribution is -0.107. The molecule has 0 rings (SSSR count). The maximum Gasteiger partial charge on any atom is 0.211 e. The second-order valence-corrected chi connectivity index (χ2v) is 4.01. The Morgan fingerprint density at radius 2 is 2.18 bits per heavy atom. The second kappa shape index (κ2) is 4.57. The predicted octanol–water partition coefficient (Wildman–Crippen LogP) is 1.59. The predicted molar refractivity (Wildman–Crippen MR) is 48.6 cm³/mol. The normalized spacial score (nSPS) is 12.4. The molecule has 2 nitrogen and oxygen atoms in total. The van der Waals surface area contributed by atoms with Crippen LogP contribution in [0.25, 0.3) is 0 Å². The highest BCUT2D eigenvalue weighted by molar-refractivity contribution is 8.14. The van der Waals surface area contributed by atoms with Gasteiger partial charge in [0.25, 0.3) is 0 Å². The van der Waals surface area contributed by atoms with Gasteiger partial charge in [0.15, 0.2) is 0 Å². The SMILES string of the molecule is CCSC(=O)/C=C/C(C)(C)O. The summed E-state index contributed by atoms with van der Waals surface area (Å²) in [6, 6.07) is 0. The van der Waals surface area contributed by atoms with Crippen LogP contribution in [-0.4, -0.2) is 21.6 Å². The van der Waals surface area contributed by atoms with Gasteiger partial charge in [0, 0.05) is 0 Å². The summed E-state index contributed by atoms with van der Waals surface area (Å²) < 4.78 is 0. The topological polar surface area (TPSA) is 37.3 Å². The molecule has 0 fully saturated rings. The van der Waals surface area contributed by atoms with Crippen LogP contribution in [0.1, 0.15) is 20.8 Å². The third-order valence-corrected chi connectivity index (χ3v) is 1.62. The van der Waals surface area contributed by atoms with Crippen molar-refractivity contribution in [3.63, 3.8) is 0 Å². The Morgan fingerprint density at radius 1 is 1.64 bits per heavy atom. The number of carbonyl (C=O) groups excluding carboxylic acids is 1. The molecule has 0 aromatic rings. The van der Waals surface area contributed by atoms with Gasteiger partial charge in [-0.25, -0.2) is 0 Å². The minimum absolute atomic E-state index is 0.00498. The number of carbonyl (C=O) groups is 1. The van der Waals surface area contributed by atoms with E-state index in [2.05, 4.69) is 0 Å². The van der Waals surface area contributed by atoms with Crippen LogP contribution in [0.3, 0.4) is 0 Å². The Morgan fingerprint density at radius 3 is 2.55 bits per heavy atom. The van der Waals surface area contributed by atoms with Crippen molar-refractivity contribution in [3.8, 4) is 0 Å². The molecular weight excluding hydrogens is 160 g/mol. The summed E-state index contributed by atoms with van der Waals surface area (Å²) in [5, 5.41) is 9.18. The zero-order chi connectivity index (χ0) is 8.91. The molecule has 0 atom stereocenters. The van der Waals surface area contributed by atoms with E-state index in [4.69, 9.17) is 0 Å². The zero-order valence-corrected chi connectivity index (χ0v) is 7.94. The molecule has 0 saturated carbocycles. The van der Waals surface area contributed by atoms with Gasteiger partial charge in [-0.3, -0.25) is 4.79 Å². The third-order valence-electron chi connectivity index (χ3n) is 0.914. The number of aliphatic hydroxyl groups is 1. The minimum Gasteiger partial charge on any atom is -0.386 e. The molecule has 0 aliphatic rings. The van der Waals surface area contributed by atoms with Gasteiger partial charge in [-0.1, -0.05) is 18.7 Å². The Bertz CT molecular complexity index is 156.